The first-order valence-electron chi connectivity index (χ1n) is 5.77. The van der Waals surface area contributed by atoms with E-state index in [1.165, 1.54) is 0 Å². The first-order valence-corrected chi connectivity index (χ1v) is 7.73. The number of H-pyrrole nitrogens is 1. The Labute approximate surface area is 137 Å². The molecule has 3 rings (SSSR count). The van der Waals surface area contributed by atoms with Gasteiger partial charge in [-0.2, -0.15) is 0 Å². The van der Waals surface area contributed by atoms with E-state index in [1.807, 2.05) is 30.3 Å². The van der Waals surface area contributed by atoms with Crippen molar-refractivity contribution in [2.45, 2.75) is 0 Å². The summed E-state index contributed by atoms with van der Waals surface area (Å²) in [5.74, 6) is 1.42. The molecule has 0 spiro atoms. The molecule has 0 aliphatic rings. The highest BCUT2D eigenvalue weighted by molar-refractivity contribution is 9.11. The Hall–Kier alpha value is -1.04. The minimum Gasteiger partial charge on any atom is -0.495 e. The summed E-state index contributed by atoms with van der Waals surface area (Å²) in [5.41, 5.74) is 2.75. The van der Waals surface area contributed by atoms with Crippen LogP contribution in [0.25, 0.3) is 22.4 Å². The smallest absolute Gasteiger partial charge is 0.138 e. The topological polar surface area (TPSA) is 37.9 Å². The van der Waals surface area contributed by atoms with Crippen LogP contribution in [0, 0.1) is 0 Å². The van der Waals surface area contributed by atoms with Crippen molar-refractivity contribution in [2.24, 2.45) is 0 Å². The second kappa shape index (κ2) is 5.39. The maximum atomic E-state index is 6.15. The summed E-state index contributed by atoms with van der Waals surface area (Å²) in [6.07, 6.45) is 0. The molecule has 6 heteroatoms. The molecule has 0 bridgehead atoms. The number of aromatic nitrogens is 2. The Morgan fingerprint density at radius 2 is 2.00 bits per heavy atom. The first-order chi connectivity index (χ1) is 9.58. The summed E-state index contributed by atoms with van der Waals surface area (Å²) in [6, 6.07) is 9.54. The van der Waals surface area contributed by atoms with E-state index < -0.39 is 0 Å². The highest BCUT2D eigenvalue weighted by Crippen LogP contribution is 2.32. The number of hydrogen-bond acceptors (Lipinski definition) is 2. The average Bonchev–Trinajstić information content (AvgIpc) is 2.82. The molecule has 1 aromatic heterocycles. The van der Waals surface area contributed by atoms with Crippen molar-refractivity contribution in [3.8, 4) is 17.1 Å². The molecular weight excluding hydrogens is 407 g/mol. The predicted octanol–water partition coefficient (Wildman–Crippen LogP) is 5.42. The summed E-state index contributed by atoms with van der Waals surface area (Å²) in [6.45, 7) is 0. The van der Waals surface area contributed by atoms with Crippen molar-refractivity contribution >= 4 is 54.5 Å². The van der Waals surface area contributed by atoms with Crippen LogP contribution in [-0.4, -0.2) is 17.1 Å². The Kier molecular flexibility index (Phi) is 3.75. The van der Waals surface area contributed by atoms with Crippen LogP contribution < -0.4 is 4.74 Å². The lowest BCUT2D eigenvalue weighted by atomic mass is 10.2. The molecule has 0 atom stereocenters. The van der Waals surface area contributed by atoms with Gasteiger partial charge < -0.3 is 9.72 Å². The maximum absolute atomic E-state index is 6.15. The fraction of sp³-hybridized carbons (Fsp3) is 0.0714. The second-order valence-corrected chi connectivity index (χ2v) is 6.40. The molecule has 3 nitrogen and oxygen atoms in total. The van der Waals surface area contributed by atoms with Gasteiger partial charge in [-0.05, 0) is 46.3 Å². The van der Waals surface area contributed by atoms with E-state index in [0.717, 1.165) is 31.4 Å². The van der Waals surface area contributed by atoms with Crippen LogP contribution in [0.3, 0.4) is 0 Å². The quantitative estimate of drug-likeness (QED) is 0.606. The number of hydrogen-bond donors (Lipinski definition) is 1. The lowest BCUT2D eigenvalue weighted by molar-refractivity contribution is 0.415. The number of benzene rings is 2. The Bertz CT molecular complexity index is 801. The number of ether oxygens (including phenoxy) is 1. The van der Waals surface area contributed by atoms with E-state index in [1.54, 1.807) is 7.11 Å². The van der Waals surface area contributed by atoms with Crippen LogP contribution in [0.5, 0.6) is 5.75 Å². The SMILES string of the molecule is COc1ccc(-c2nc3c(Br)cc(Br)cc3[nH]2)cc1Cl. The number of methoxy groups -OCH3 is 1. The monoisotopic (exact) mass is 414 g/mol. The van der Waals surface area contributed by atoms with Crippen LogP contribution in [0.15, 0.2) is 39.3 Å². The first kappa shape index (κ1) is 13.9. The standard InChI is InChI=1S/C14H9Br2ClN2O/c1-20-12-3-2-7(4-10(12)17)14-18-11-6-8(15)5-9(16)13(11)19-14/h2-6H,1H3,(H,18,19). The molecule has 2 aromatic carbocycles. The van der Waals surface area contributed by atoms with E-state index >= 15 is 0 Å². The van der Waals surface area contributed by atoms with E-state index in [2.05, 4.69) is 41.8 Å². The van der Waals surface area contributed by atoms with Gasteiger partial charge in [0.25, 0.3) is 0 Å². The third-order valence-electron chi connectivity index (χ3n) is 2.93. The number of nitrogens with zero attached hydrogens (tertiary/aromatic N) is 1. The van der Waals surface area contributed by atoms with Gasteiger partial charge in [0.05, 0.1) is 17.6 Å². The fourth-order valence-corrected chi connectivity index (χ4v) is 3.56. The van der Waals surface area contributed by atoms with Crippen molar-refractivity contribution in [1.82, 2.24) is 9.97 Å². The van der Waals surface area contributed by atoms with Gasteiger partial charge in [-0.3, -0.25) is 0 Å². The largest absolute Gasteiger partial charge is 0.495 e. The van der Waals surface area contributed by atoms with Gasteiger partial charge in [0.2, 0.25) is 0 Å². The molecule has 0 aliphatic carbocycles. The van der Waals surface area contributed by atoms with Crippen LogP contribution in [0.1, 0.15) is 0 Å². The van der Waals surface area contributed by atoms with Gasteiger partial charge in [0.15, 0.2) is 0 Å². The van der Waals surface area contributed by atoms with Gasteiger partial charge in [-0.25, -0.2) is 4.98 Å². The number of fused-ring (bicyclic) bond motifs is 1. The number of nitrogens with one attached hydrogen (secondary N) is 1. The molecule has 1 heterocycles. The Balaban J connectivity index is 2.15. The van der Waals surface area contributed by atoms with E-state index in [-0.39, 0.29) is 0 Å². The number of imidazole rings is 1. The molecule has 20 heavy (non-hydrogen) atoms. The van der Waals surface area contributed by atoms with Gasteiger partial charge in [0.1, 0.15) is 17.1 Å². The van der Waals surface area contributed by atoms with E-state index in [9.17, 15) is 0 Å². The minimum absolute atomic E-state index is 0.561. The van der Waals surface area contributed by atoms with Crippen molar-refractivity contribution in [3.63, 3.8) is 0 Å². The molecule has 0 saturated heterocycles. The molecule has 0 unspecified atom stereocenters. The molecule has 0 radical (unpaired) electrons. The van der Waals surface area contributed by atoms with Gasteiger partial charge in [0, 0.05) is 14.5 Å². The predicted molar refractivity (Wildman–Crippen MR) is 88.5 cm³/mol. The average molecular weight is 416 g/mol. The van der Waals surface area contributed by atoms with Crippen molar-refractivity contribution < 1.29 is 4.74 Å². The highest BCUT2D eigenvalue weighted by Gasteiger charge is 2.10. The van der Waals surface area contributed by atoms with Gasteiger partial charge in [-0.15, -0.1) is 0 Å². The van der Waals surface area contributed by atoms with Crippen molar-refractivity contribution in [3.05, 3.63) is 44.3 Å². The fourth-order valence-electron chi connectivity index (χ4n) is 1.99. The molecule has 0 fully saturated rings. The van der Waals surface area contributed by atoms with Gasteiger partial charge >= 0.3 is 0 Å². The lowest BCUT2D eigenvalue weighted by Gasteiger charge is -2.03. The molecule has 0 amide bonds. The Morgan fingerprint density at radius 1 is 1.20 bits per heavy atom. The maximum Gasteiger partial charge on any atom is 0.138 e. The molecular formula is C14H9Br2ClN2O. The molecule has 1 N–H and O–H groups in total. The molecule has 102 valence electrons. The highest BCUT2D eigenvalue weighted by atomic mass is 79.9. The summed E-state index contributed by atoms with van der Waals surface area (Å²) in [4.78, 5) is 7.89. The van der Waals surface area contributed by atoms with Crippen molar-refractivity contribution in [1.29, 1.82) is 0 Å². The zero-order chi connectivity index (χ0) is 14.3. The van der Waals surface area contributed by atoms with Crippen molar-refractivity contribution in [2.75, 3.05) is 7.11 Å². The summed E-state index contributed by atoms with van der Waals surface area (Å²) in [7, 11) is 1.59. The van der Waals surface area contributed by atoms with Crippen LogP contribution >= 0.6 is 43.5 Å². The lowest BCUT2D eigenvalue weighted by Crippen LogP contribution is -1.86. The number of halogens is 3. The van der Waals surface area contributed by atoms with E-state index in [4.69, 9.17) is 16.3 Å². The third kappa shape index (κ3) is 2.45. The van der Waals surface area contributed by atoms with Gasteiger partial charge in [-0.1, -0.05) is 27.5 Å². The zero-order valence-corrected chi connectivity index (χ0v) is 14.3. The van der Waals surface area contributed by atoms with Crippen LogP contribution in [-0.2, 0) is 0 Å². The summed E-state index contributed by atoms with van der Waals surface area (Å²) in [5, 5.41) is 0.561. The third-order valence-corrected chi connectivity index (χ3v) is 4.29. The normalized spacial score (nSPS) is 11.0. The minimum atomic E-state index is 0.561. The zero-order valence-electron chi connectivity index (χ0n) is 10.4. The van der Waals surface area contributed by atoms with Crippen LogP contribution in [0.4, 0.5) is 0 Å². The molecule has 3 aromatic rings. The van der Waals surface area contributed by atoms with Crippen LogP contribution in [0.2, 0.25) is 5.02 Å². The second-order valence-electron chi connectivity index (χ2n) is 4.22. The molecule has 0 saturated carbocycles. The summed E-state index contributed by atoms with van der Waals surface area (Å²) < 4.78 is 7.07. The molecule has 0 aliphatic heterocycles. The Morgan fingerprint density at radius 3 is 2.70 bits per heavy atom. The summed E-state index contributed by atoms with van der Waals surface area (Å²) >= 11 is 13.1. The number of rotatable bonds is 2. The van der Waals surface area contributed by atoms with E-state index in [0.29, 0.717) is 10.8 Å². The number of aromatic amines is 1.